The molecule has 0 radical (unpaired) electrons. The van der Waals surface area contributed by atoms with E-state index in [2.05, 4.69) is 0 Å². The van der Waals surface area contributed by atoms with Crippen molar-refractivity contribution in [1.29, 1.82) is 0 Å². The Kier molecular flexibility index (Phi) is 8.58. The van der Waals surface area contributed by atoms with Gasteiger partial charge in [0.2, 0.25) is 0 Å². The number of carbonyl (C=O) groups is 1. The lowest BCUT2D eigenvalue weighted by Crippen LogP contribution is -2.40. The zero-order valence-corrected chi connectivity index (χ0v) is 24.8. The largest absolute Gasteiger partial charge is 0.497 e. The molecule has 1 atom stereocenters. The molecule has 3 heterocycles. The van der Waals surface area contributed by atoms with Gasteiger partial charge in [-0.3, -0.25) is 19.5 Å². The summed E-state index contributed by atoms with van der Waals surface area (Å²) in [6, 6.07) is 13.8. The number of fused-ring (bicyclic) bond motifs is 1. The van der Waals surface area contributed by atoms with Gasteiger partial charge < -0.3 is 18.6 Å². The molecule has 2 aromatic heterocycles. The molecular formula is C31H29N3O8S. The van der Waals surface area contributed by atoms with Crippen molar-refractivity contribution in [2.75, 3.05) is 20.8 Å². The van der Waals surface area contributed by atoms with E-state index in [1.54, 1.807) is 55.5 Å². The maximum absolute atomic E-state index is 14.1. The van der Waals surface area contributed by atoms with Gasteiger partial charge >= 0.3 is 5.97 Å². The Morgan fingerprint density at radius 2 is 1.88 bits per heavy atom. The second-order valence-corrected chi connectivity index (χ2v) is 10.5. The number of rotatable bonds is 10. The van der Waals surface area contributed by atoms with Crippen molar-refractivity contribution in [3.63, 3.8) is 0 Å². The van der Waals surface area contributed by atoms with E-state index in [0.717, 1.165) is 6.42 Å². The summed E-state index contributed by atoms with van der Waals surface area (Å²) in [5.41, 5.74) is 1.63. The van der Waals surface area contributed by atoms with E-state index in [4.69, 9.17) is 23.6 Å². The van der Waals surface area contributed by atoms with Gasteiger partial charge in [0.25, 0.3) is 11.2 Å². The minimum absolute atomic E-state index is 0.0245. The first-order chi connectivity index (χ1) is 20.8. The van der Waals surface area contributed by atoms with Crippen molar-refractivity contribution < 1.29 is 28.3 Å². The molecule has 0 N–H and O–H groups in total. The Hall–Kier alpha value is -4.97. The summed E-state index contributed by atoms with van der Waals surface area (Å²) < 4.78 is 24.4. The normalized spacial score (nSPS) is 14.7. The second kappa shape index (κ2) is 12.5. The fourth-order valence-electron chi connectivity index (χ4n) is 4.93. The van der Waals surface area contributed by atoms with Gasteiger partial charge in [-0.2, -0.15) is 0 Å². The van der Waals surface area contributed by atoms with E-state index in [1.807, 2.05) is 6.92 Å². The molecule has 12 heteroatoms. The first-order valence-electron chi connectivity index (χ1n) is 13.6. The molecule has 1 aliphatic heterocycles. The molecule has 43 heavy (non-hydrogen) atoms. The van der Waals surface area contributed by atoms with Crippen molar-refractivity contribution in [3.8, 4) is 22.8 Å². The molecule has 4 aromatic rings. The van der Waals surface area contributed by atoms with Gasteiger partial charge in [0, 0.05) is 29.3 Å². The number of methoxy groups -OCH3 is 2. The molecule has 11 nitrogen and oxygen atoms in total. The number of aromatic nitrogens is 1. The van der Waals surface area contributed by atoms with Crippen LogP contribution in [0.25, 0.3) is 17.4 Å². The number of benzene rings is 2. The van der Waals surface area contributed by atoms with Gasteiger partial charge in [0.15, 0.2) is 4.80 Å². The topological polar surface area (TPSA) is 135 Å². The summed E-state index contributed by atoms with van der Waals surface area (Å²) in [4.78, 5) is 43.2. The molecule has 0 unspecified atom stereocenters. The highest BCUT2D eigenvalue weighted by Crippen LogP contribution is 2.38. The third-order valence-corrected chi connectivity index (χ3v) is 7.87. The minimum atomic E-state index is -0.878. The van der Waals surface area contributed by atoms with E-state index in [-0.39, 0.29) is 23.4 Å². The van der Waals surface area contributed by atoms with Crippen LogP contribution in [0.15, 0.2) is 80.1 Å². The number of non-ortho nitro benzene ring substituents is 1. The fraction of sp³-hybridized carbons (Fsp3) is 0.258. The summed E-state index contributed by atoms with van der Waals surface area (Å²) in [6.07, 6.45) is 2.83. The molecule has 2 aromatic carbocycles. The average Bonchev–Trinajstić information content (AvgIpc) is 3.60. The van der Waals surface area contributed by atoms with Crippen molar-refractivity contribution in [1.82, 2.24) is 4.57 Å². The summed E-state index contributed by atoms with van der Waals surface area (Å²) in [6.45, 7) is 3.87. The highest BCUT2D eigenvalue weighted by Gasteiger charge is 2.36. The SMILES string of the molecule is CCCC1=C(C(=O)OCC)[C@H](c2cc(OC)ccc2OC)n2c(s/c(=C\c3ccc(-c4ccc([N+](=O)[O-])cc4)o3)c2=O)=N1. The lowest BCUT2D eigenvalue weighted by atomic mass is 9.93. The summed E-state index contributed by atoms with van der Waals surface area (Å²) in [5.74, 6) is 1.34. The number of nitro benzene ring substituents is 1. The summed E-state index contributed by atoms with van der Waals surface area (Å²) in [5, 5.41) is 11.0. The van der Waals surface area contributed by atoms with Gasteiger partial charge in [-0.1, -0.05) is 24.7 Å². The molecule has 0 fully saturated rings. The molecule has 222 valence electrons. The van der Waals surface area contributed by atoms with Gasteiger partial charge in [-0.05, 0) is 55.8 Å². The molecule has 0 spiro atoms. The Morgan fingerprint density at radius 1 is 1.12 bits per heavy atom. The monoisotopic (exact) mass is 603 g/mol. The highest BCUT2D eigenvalue weighted by molar-refractivity contribution is 7.07. The summed E-state index contributed by atoms with van der Waals surface area (Å²) in [7, 11) is 3.06. The van der Waals surface area contributed by atoms with Crippen LogP contribution in [0, 0.1) is 10.1 Å². The van der Waals surface area contributed by atoms with E-state index in [0.29, 0.717) is 55.6 Å². The van der Waals surface area contributed by atoms with Crippen LogP contribution in [0.1, 0.15) is 44.1 Å². The minimum Gasteiger partial charge on any atom is -0.497 e. The van der Waals surface area contributed by atoms with E-state index in [1.165, 1.54) is 42.3 Å². The Labute approximate surface area is 250 Å². The maximum Gasteiger partial charge on any atom is 0.338 e. The third-order valence-electron chi connectivity index (χ3n) is 6.89. The molecule has 0 bridgehead atoms. The number of nitro groups is 1. The van der Waals surface area contributed by atoms with Crippen LogP contribution >= 0.6 is 11.3 Å². The lowest BCUT2D eigenvalue weighted by molar-refractivity contribution is -0.384. The fourth-order valence-corrected chi connectivity index (χ4v) is 5.93. The number of carbonyl (C=O) groups excluding carboxylic acids is 1. The number of nitrogens with zero attached hydrogens (tertiary/aromatic N) is 3. The zero-order valence-electron chi connectivity index (χ0n) is 24.0. The van der Waals surface area contributed by atoms with Gasteiger partial charge in [0.1, 0.15) is 29.1 Å². The van der Waals surface area contributed by atoms with Crippen molar-refractivity contribution in [2.45, 2.75) is 32.7 Å². The van der Waals surface area contributed by atoms with Crippen LogP contribution in [-0.2, 0) is 9.53 Å². The molecule has 0 saturated heterocycles. The van der Waals surface area contributed by atoms with Gasteiger partial charge in [0.05, 0.1) is 41.6 Å². The van der Waals surface area contributed by atoms with Crippen LogP contribution in [0.4, 0.5) is 5.69 Å². The standard InChI is InChI=1S/C31H29N3O8S/c1-5-7-23-27(30(36)41-6-2)28(22-16-20(39-3)12-15-25(22)40-4)33-29(35)26(43-31(33)32-23)17-21-13-14-24(42-21)18-8-10-19(11-9-18)34(37)38/h8-17,28H,5-7H2,1-4H3/b26-17-/t28-/m0/s1. The molecule has 0 aliphatic carbocycles. The smallest absolute Gasteiger partial charge is 0.338 e. The molecule has 1 aliphatic rings. The van der Waals surface area contributed by atoms with Gasteiger partial charge in [-0.25, -0.2) is 9.79 Å². The number of furan rings is 1. The molecule has 5 rings (SSSR count). The average molecular weight is 604 g/mol. The summed E-state index contributed by atoms with van der Waals surface area (Å²) >= 11 is 1.18. The number of ether oxygens (including phenoxy) is 3. The van der Waals surface area contributed by atoms with Crippen molar-refractivity contribution in [3.05, 3.63) is 107 Å². The van der Waals surface area contributed by atoms with Crippen molar-refractivity contribution >= 4 is 29.1 Å². The van der Waals surface area contributed by atoms with E-state index >= 15 is 0 Å². The van der Waals surface area contributed by atoms with Crippen LogP contribution in [0.5, 0.6) is 11.5 Å². The van der Waals surface area contributed by atoms with Gasteiger partial charge in [-0.15, -0.1) is 0 Å². The number of allylic oxidation sites excluding steroid dienone is 1. The number of esters is 1. The highest BCUT2D eigenvalue weighted by atomic mass is 32.1. The van der Waals surface area contributed by atoms with Crippen LogP contribution in [-0.4, -0.2) is 36.3 Å². The maximum atomic E-state index is 14.1. The zero-order chi connectivity index (χ0) is 30.7. The van der Waals surface area contributed by atoms with E-state index < -0.39 is 16.9 Å². The second-order valence-electron chi connectivity index (χ2n) is 9.53. The van der Waals surface area contributed by atoms with E-state index in [9.17, 15) is 19.7 Å². The third kappa shape index (κ3) is 5.73. The quantitative estimate of drug-likeness (QED) is 0.144. The molecular weight excluding hydrogens is 574 g/mol. The van der Waals surface area contributed by atoms with Crippen LogP contribution < -0.4 is 24.4 Å². The Balaban J connectivity index is 1.68. The van der Waals surface area contributed by atoms with Crippen LogP contribution in [0.2, 0.25) is 0 Å². The predicted octanol–water partition coefficient (Wildman–Crippen LogP) is 4.76. The van der Waals surface area contributed by atoms with Crippen LogP contribution in [0.3, 0.4) is 0 Å². The first kappa shape index (κ1) is 29.5. The molecule has 0 amide bonds. The Morgan fingerprint density at radius 3 is 2.53 bits per heavy atom. The lowest BCUT2D eigenvalue weighted by Gasteiger charge is -2.27. The number of thiazole rings is 1. The first-order valence-corrected chi connectivity index (χ1v) is 14.4. The Bertz CT molecular complexity index is 1900. The predicted molar refractivity (Wildman–Crippen MR) is 160 cm³/mol. The van der Waals surface area contributed by atoms with Crippen molar-refractivity contribution in [2.24, 2.45) is 4.99 Å². The number of hydrogen-bond acceptors (Lipinski definition) is 10. The molecule has 0 saturated carbocycles. The number of hydrogen-bond donors (Lipinski definition) is 0.